The Balaban J connectivity index is 1.93. The second-order valence-corrected chi connectivity index (χ2v) is 5.61. The number of benzene rings is 2. The first-order chi connectivity index (χ1) is 11.6. The summed E-state index contributed by atoms with van der Waals surface area (Å²) < 4.78 is 5.28. The van der Waals surface area contributed by atoms with Crippen molar-refractivity contribution in [2.24, 2.45) is 5.92 Å². The summed E-state index contributed by atoms with van der Waals surface area (Å²) in [6.45, 7) is 1.89. The number of carbonyl (C=O) groups excluding carboxylic acids is 1. The van der Waals surface area contributed by atoms with E-state index in [0.29, 0.717) is 0 Å². The highest BCUT2D eigenvalue weighted by Gasteiger charge is 2.19. The molecule has 0 aromatic heterocycles. The van der Waals surface area contributed by atoms with Crippen LogP contribution < -0.4 is 5.32 Å². The van der Waals surface area contributed by atoms with Crippen LogP contribution in [0, 0.1) is 5.92 Å². The van der Waals surface area contributed by atoms with Gasteiger partial charge in [0.2, 0.25) is 0 Å². The van der Waals surface area contributed by atoms with E-state index in [1.165, 1.54) is 7.11 Å². The number of carbonyl (C=O) groups is 1. The maximum atomic E-state index is 12.2. The molecule has 0 aliphatic rings. The maximum absolute atomic E-state index is 12.2. The third-order valence-electron chi connectivity index (χ3n) is 3.84. The predicted octanol–water partition coefficient (Wildman–Crippen LogP) is 3.37. The van der Waals surface area contributed by atoms with Crippen LogP contribution in [0.1, 0.15) is 30.3 Å². The number of amides is 1. The van der Waals surface area contributed by atoms with Crippen molar-refractivity contribution < 1.29 is 14.6 Å². The van der Waals surface area contributed by atoms with Crippen LogP contribution in [0.5, 0.6) is 0 Å². The topological polar surface area (TPSA) is 58.6 Å². The molecular formula is C20H23NO3. The van der Waals surface area contributed by atoms with Crippen molar-refractivity contribution in [2.45, 2.75) is 19.1 Å². The molecule has 4 nitrogen and oxygen atoms in total. The molecule has 0 heterocycles. The lowest BCUT2D eigenvalue weighted by molar-refractivity contribution is -0.130. The van der Waals surface area contributed by atoms with Gasteiger partial charge in [0.1, 0.15) is 0 Å². The zero-order chi connectivity index (χ0) is 17.4. The zero-order valence-corrected chi connectivity index (χ0v) is 13.9. The molecule has 2 N–H and O–H groups in total. The largest absolute Gasteiger partial charge is 0.388 e. The molecule has 0 aliphatic heterocycles. The Morgan fingerprint density at radius 3 is 2.12 bits per heavy atom. The summed E-state index contributed by atoms with van der Waals surface area (Å²) in [4.78, 5) is 12.2. The van der Waals surface area contributed by atoms with Crippen LogP contribution in [0.4, 0.5) is 0 Å². The number of aliphatic hydroxyl groups excluding tert-OH is 1. The van der Waals surface area contributed by atoms with Crippen LogP contribution >= 0.6 is 0 Å². The van der Waals surface area contributed by atoms with Gasteiger partial charge in [0.05, 0.1) is 6.10 Å². The number of rotatable bonds is 7. The summed E-state index contributed by atoms with van der Waals surface area (Å²) in [5.41, 5.74) is 1.64. The minimum atomic E-state index is -0.662. The SMILES string of the molecule is COC(C(=O)N/C=C/[C@H](C)[C@H](O)c1ccccc1)c1ccccc1. The molecule has 0 saturated heterocycles. The Hall–Kier alpha value is -2.43. The quantitative estimate of drug-likeness (QED) is 0.820. The Morgan fingerprint density at radius 2 is 1.58 bits per heavy atom. The van der Waals surface area contributed by atoms with Crippen molar-refractivity contribution in [1.29, 1.82) is 0 Å². The van der Waals surface area contributed by atoms with Gasteiger partial charge >= 0.3 is 0 Å². The summed E-state index contributed by atoms with van der Waals surface area (Å²) in [7, 11) is 1.50. The first-order valence-corrected chi connectivity index (χ1v) is 7.91. The normalized spacial score (nSPS) is 15.0. The Labute approximate surface area is 142 Å². The number of nitrogens with one attached hydrogen (secondary N) is 1. The maximum Gasteiger partial charge on any atom is 0.257 e. The molecule has 4 heteroatoms. The van der Waals surface area contributed by atoms with Gasteiger partial charge in [-0.15, -0.1) is 0 Å². The fourth-order valence-electron chi connectivity index (χ4n) is 2.44. The van der Waals surface area contributed by atoms with Gasteiger partial charge in [-0.25, -0.2) is 0 Å². The fourth-order valence-corrected chi connectivity index (χ4v) is 2.44. The van der Waals surface area contributed by atoms with Gasteiger partial charge in [0.15, 0.2) is 6.10 Å². The van der Waals surface area contributed by atoms with E-state index in [4.69, 9.17) is 4.74 Å². The van der Waals surface area contributed by atoms with Crippen molar-refractivity contribution in [3.63, 3.8) is 0 Å². The molecule has 0 fully saturated rings. The Bertz CT molecular complexity index is 655. The van der Waals surface area contributed by atoms with E-state index in [1.54, 1.807) is 12.3 Å². The summed E-state index contributed by atoms with van der Waals surface area (Å²) in [6.07, 6.45) is 2.05. The number of methoxy groups -OCH3 is 1. The average Bonchev–Trinajstić information content (AvgIpc) is 2.63. The Morgan fingerprint density at radius 1 is 1.04 bits per heavy atom. The van der Waals surface area contributed by atoms with Crippen LogP contribution in [0.2, 0.25) is 0 Å². The van der Waals surface area contributed by atoms with Gasteiger partial charge in [-0.3, -0.25) is 4.79 Å². The van der Waals surface area contributed by atoms with Crippen LogP contribution in [0.15, 0.2) is 72.9 Å². The molecule has 1 amide bonds. The molecular weight excluding hydrogens is 302 g/mol. The van der Waals surface area contributed by atoms with E-state index >= 15 is 0 Å². The van der Waals surface area contributed by atoms with Gasteiger partial charge in [-0.2, -0.15) is 0 Å². The highest BCUT2D eigenvalue weighted by molar-refractivity contribution is 5.83. The van der Waals surface area contributed by atoms with Gasteiger partial charge in [-0.1, -0.05) is 73.7 Å². The molecule has 0 saturated carbocycles. The van der Waals surface area contributed by atoms with E-state index in [1.807, 2.05) is 67.6 Å². The third kappa shape index (κ3) is 4.78. The minimum absolute atomic E-state index is 0.134. The van der Waals surface area contributed by atoms with E-state index in [9.17, 15) is 9.90 Å². The van der Waals surface area contributed by atoms with E-state index in [0.717, 1.165) is 11.1 Å². The van der Waals surface area contributed by atoms with Crippen LogP contribution in [-0.4, -0.2) is 18.1 Å². The zero-order valence-electron chi connectivity index (χ0n) is 13.9. The molecule has 2 aromatic carbocycles. The second kappa shape index (κ2) is 9.01. The highest BCUT2D eigenvalue weighted by atomic mass is 16.5. The van der Waals surface area contributed by atoms with Gasteiger partial charge < -0.3 is 15.2 Å². The lowest BCUT2D eigenvalue weighted by Crippen LogP contribution is -2.26. The molecule has 1 unspecified atom stereocenters. The first kappa shape index (κ1) is 17.9. The van der Waals surface area contributed by atoms with Crippen molar-refractivity contribution in [3.8, 4) is 0 Å². The number of aliphatic hydroxyl groups is 1. The average molecular weight is 325 g/mol. The lowest BCUT2D eigenvalue weighted by atomic mass is 9.97. The molecule has 126 valence electrons. The molecule has 3 atom stereocenters. The van der Waals surface area contributed by atoms with Gasteiger partial charge in [-0.05, 0) is 11.1 Å². The van der Waals surface area contributed by atoms with Gasteiger partial charge in [0, 0.05) is 19.2 Å². The molecule has 24 heavy (non-hydrogen) atoms. The first-order valence-electron chi connectivity index (χ1n) is 7.91. The van der Waals surface area contributed by atoms with Crippen molar-refractivity contribution in [2.75, 3.05) is 7.11 Å². The van der Waals surface area contributed by atoms with E-state index in [-0.39, 0.29) is 11.8 Å². The summed E-state index contributed by atoms with van der Waals surface area (Å²) in [5, 5.41) is 13.0. The van der Waals surface area contributed by atoms with Crippen LogP contribution in [0.3, 0.4) is 0 Å². The number of hydrogen-bond donors (Lipinski definition) is 2. The van der Waals surface area contributed by atoms with Crippen LogP contribution in [-0.2, 0) is 9.53 Å². The number of ether oxygens (including phenoxy) is 1. The van der Waals surface area contributed by atoms with Crippen molar-refractivity contribution in [1.82, 2.24) is 5.32 Å². The molecule has 0 radical (unpaired) electrons. The smallest absolute Gasteiger partial charge is 0.257 e. The summed E-state index contributed by atoms with van der Waals surface area (Å²) in [5.74, 6) is -0.383. The minimum Gasteiger partial charge on any atom is -0.388 e. The lowest BCUT2D eigenvalue weighted by Gasteiger charge is -2.16. The van der Waals surface area contributed by atoms with E-state index in [2.05, 4.69) is 5.32 Å². The molecule has 0 aliphatic carbocycles. The monoisotopic (exact) mass is 325 g/mol. The molecule has 0 spiro atoms. The number of hydrogen-bond acceptors (Lipinski definition) is 3. The molecule has 0 bridgehead atoms. The predicted molar refractivity (Wildman–Crippen MR) is 94.0 cm³/mol. The highest BCUT2D eigenvalue weighted by Crippen LogP contribution is 2.22. The summed E-state index contributed by atoms with van der Waals surface area (Å²) in [6, 6.07) is 18.8. The van der Waals surface area contributed by atoms with E-state index < -0.39 is 12.2 Å². The molecule has 2 rings (SSSR count). The molecule has 2 aromatic rings. The fraction of sp³-hybridized carbons (Fsp3) is 0.250. The van der Waals surface area contributed by atoms with Crippen molar-refractivity contribution >= 4 is 5.91 Å². The van der Waals surface area contributed by atoms with Gasteiger partial charge in [0.25, 0.3) is 5.91 Å². The summed E-state index contributed by atoms with van der Waals surface area (Å²) >= 11 is 0. The second-order valence-electron chi connectivity index (χ2n) is 5.61. The Kier molecular flexibility index (Phi) is 6.73. The van der Waals surface area contributed by atoms with Crippen LogP contribution in [0.25, 0.3) is 0 Å². The van der Waals surface area contributed by atoms with Crippen molar-refractivity contribution in [3.05, 3.63) is 84.1 Å². The third-order valence-corrected chi connectivity index (χ3v) is 3.84. The standard InChI is InChI=1S/C20H23NO3/c1-15(18(22)16-9-5-3-6-10-16)13-14-21-20(23)19(24-2)17-11-7-4-8-12-17/h3-15,18-19,22H,1-2H3,(H,21,23)/b14-13+/t15-,18-,19?/m0/s1.